The molecule has 2 amide bonds. The van der Waals surface area contributed by atoms with E-state index in [1.165, 1.54) is 7.11 Å². The van der Waals surface area contributed by atoms with E-state index in [-0.39, 0.29) is 29.6 Å². The molecule has 7 nitrogen and oxygen atoms in total. The first-order valence-corrected chi connectivity index (χ1v) is 8.71. The van der Waals surface area contributed by atoms with Gasteiger partial charge < -0.3 is 19.4 Å². The second-order valence-corrected chi connectivity index (χ2v) is 7.04. The van der Waals surface area contributed by atoms with E-state index in [1.807, 2.05) is 14.1 Å². The number of likely N-dealkylation sites (tertiary alicyclic amines) is 2. The number of amides is 2. The molecule has 0 spiro atoms. The molecule has 2 aliphatic rings. The topological polar surface area (TPSA) is 70.2 Å². The van der Waals surface area contributed by atoms with Crippen LogP contribution in [-0.4, -0.2) is 86.4 Å². The van der Waals surface area contributed by atoms with Gasteiger partial charge >= 0.3 is 5.97 Å². The molecule has 2 fully saturated rings. The first-order valence-electron chi connectivity index (χ1n) is 8.71. The van der Waals surface area contributed by atoms with E-state index in [0.29, 0.717) is 32.6 Å². The zero-order chi connectivity index (χ0) is 17.7. The van der Waals surface area contributed by atoms with E-state index in [1.54, 1.807) is 9.80 Å². The molecule has 2 aliphatic heterocycles. The third-order valence-electron chi connectivity index (χ3n) is 4.86. The molecule has 2 atom stereocenters. The van der Waals surface area contributed by atoms with Gasteiger partial charge in [-0.15, -0.1) is 0 Å². The van der Waals surface area contributed by atoms with Crippen LogP contribution in [0.4, 0.5) is 0 Å². The molecule has 7 heteroatoms. The summed E-state index contributed by atoms with van der Waals surface area (Å²) in [7, 11) is 5.39. The third kappa shape index (κ3) is 4.69. The predicted molar refractivity (Wildman–Crippen MR) is 89.2 cm³/mol. The van der Waals surface area contributed by atoms with Crippen LogP contribution in [0.2, 0.25) is 0 Å². The van der Waals surface area contributed by atoms with Gasteiger partial charge in [0, 0.05) is 32.6 Å². The monoisotopic (exact) mass is 339 g/mol. The second-order valence-electron chi connectivity index (χ2n) is 7.04. The highest BCUT2D eigenvalue weighted by atomic mass is 16.5. The summed E-state index contributed by atoms with van der Waals surface area (Å²) in [5.74, 6) is -0.685. The molecular formula is C17H29N3O4. The van der Waals surface area contributed by atoms with Crippen molar-refractivity contribution in [2.45, 2.75) is 25.7 Å². The van der Waals surface area contributed by atoms with Crippen molar-refractivity contribution in [3.8, 4) is 0 Å². The van der Waals surface area contributed by atoms with Crippen LogP contribution in [0.15, 0.2) is 0 Å². The quantitative estimate of drug-likeness (QED) is 0.647. The molecule has 24 heavy (non-hydrogen) atoms. The first kappa shape index (κ1) is 18.7. The van der Waals surface area contributed by atoms with Gasteiger partial charge in [0.05, 0.1) is 18.9 Å². The Morgan fingerprint density at radius 3 is 2.67 bits per heavy atom. The lowest BCUT2D eigenvalue weighted by Crippen LogP contribution is -2.45. The van der Waals surface area contributed by atoms with Crippen molar-refractivity contribution in [2.24, 2.45) is 11.8 Å². The van der Waals surface area contributed by atoms with E-state index in [0.717, 1.165) is 25.8 Å². The number of esters is 1. The minimum absolute atomic E-state index is 0.00654. The zero-order valence-electron chi connectivity index (χ0n) is 15.0. The Hall–Kier alpha value is -1.63. The van der Waals surface area contributed by atoms with Crippen molar-refractivity contribution in [2.75, 3.05) is 53.9 Å². The van der Waals surface area contributed by atoms with Gasteiger partial charge in [-0.1, -0.05) is 0 Å². The average Bonchev–Trinajstić information content (AvgIpc) is 2.94. The fraction of sp³-hybridized carbons (Fsp3) is 0.824. The molecule has 0 N–H and O–H groups in total. The number of ether oxygens (including phenoxy) is 1. The summed E-state index contributed by atoms with van der Waals surface area (Å²) in [6.45, 7) is 3.21. The highest BCUT2D eigenvalue weighted by molar-refractivity contribution is 5.89. The van der Waals surface area contributed by atoms with Gasteiger partial charge in [0.2, 0.25) is 11.8 Å². The van der Waals surface area contributed by atoms with Gasteiger partial charge in [0.25, 0.3) is 0 Å². The van der Waals surface area contributed by atoms with Crippen LogP contribution in [0.1, 0.15) is 25.7 Å². The summed E-state index contributed by atoms with van der Waals surface area (Å²) >= 11 is 0. The molecule has 0 aromatic carbocycles. The van der Waals surface area contributed by atoms with Gasteiger partial charge in [0.1, 0.15) is 0 Å². The summed E-state index contributed by atoms with van der Waals surface area (Å²) in [6, 6.07) is 0. The van der Waals surface area contributed by atoms with Crippen molar-refractivity contribution in [3.05, 3.63) is 0 Å². The number of piperidine rings is 1. The minimum atomic E-state index is -0.270. The van der Waals surface area contributed by atoms with Crippen LogP contribution in [0.25, 0.3) is 0 Å². The van der Waals surface area contributed by atoms with E-state index >= 15 is 0 Å². The Labute approximate surface area is 143 Å². The van der Waals surface area contributed by atoms with Gasteiger partial charge in [0.15, 0.2) is 0 Å². The molecule has 136 valence electrons. The first-order chi connectivity index (χ1) is 11.4. The van der Waals surface area contributed by atoms with Gasteiger partial charge in [-0.25, -0.2) is 0 Å². The van der Waals surface area contributed by atoms with Crippen LogP contribution >= 0.6 is 0 Å². The minimum Gasteiger partial charge on any atom is -0.469 e. The normalized spacial score (nSPS) is 24.6. The number of nitrogens with zero attached hydrogens (tertiary/aromatic N) is 3. The molecule has 0 radical (unpaired) electrons. The molecule has 0 bridgehead atoms. The second kappa shape index (κ2) is 8.46. The summed E-state index contributed by atoms with van der Waals surface area (Å²) < 4.78 is 4.80. The Morgan fingerprint density at radius 1 is 1.25 bits per heavy atom. The maximum Gasteiger partial charge on any atom is 0.310 e. The zero-order valence-corrected chi connectivity index (χ0v) is 15.0. The molecule has 2 saturated heterocycles. The Bertz CT molecular complexity index is 480. The average molecular weight is 339 g/mol. The summed E-state index contributed by atoms with van der Waals surface area (Å²) in [6.07, 6.45) is 2.77. The van der Waals surface area contributed by atoms with E-state index < -0.39 is 0 Å². The highest BCUT2D eigenvalue weighted by Gasteiger charge is 2.38. The Balaban J connectivity index is 1.86. The molecular weight excluding hydrogens is 310 g/mol. The van der Waals surface area contributed by atoms with E-state index in [9.17, 15) is 14.4 Å². The van der Waals surface area contributed by atoms with Crippen LogP contribution < -0.4 is 0 Å². The van der Waals surface area contributed by atoms with Gasteiger partial charge in [-0.2, -0.15) is 0 Å². The SMILES string of the molecule is COC(=O)C1CCCN(C(=O)C2CC(=O)N(CCCN(C)C)C2)C1. The van der Waals surface area contributed by atoms with Gasteiger partial charge in [-0.05, 0) is 39.9 Å². The summed E-state index contributed by atoms with van der Waals surface area (Å²) in [4.78, 5) is 42.2. The number of rotatable bonds is 6. The lowest BCUT2D eigenvalue weighted by atomic mass is 9.96. The number of hydrogen-bond donors (Lipinski definition) is 0. The third-order valence-corrected chi connectivity index (χ3v) is 4.86. The fourth-order valence-corrected chi connectivity index (χ4v) is 3.53. The van der Waals surface area contributed by atoms with Crippen molar-refractivity contribution in [1.82, 2.24) is 14.7 Å². The summed E-state index contributed by atoms with van der Waals surface area (Å²) in [5.41, 5.74) is 0. The van der Waals surface area contributed by atoms with Crippen molar-refractivity contribution in [3.63, 3.8) is 0 Å². The molecule has 0 aromatic rings. The van der Waals surface area contributed by atoms with Crippen molar-refractivity contribution >= 4 is 17.8 Å². The predicted octanol–water partition coefficient (Wildman–Crippen LogP) is 0.198. The largest absolute Gasteiger partial charge is 0.469 e. The van der Waals surface area contributed by atoms with Crippen LogP contribution in [0.5, 0.6) is 0 Å². The fourth-order valence-electron chi connectivity index (χ4n) is 3.53. The van der Waals surface area contributed by atoms with Crippen molar-refractivity contribution in [1.29, 1.82) is 0 Å². The van der Waals surface area contributed by atoms with E-state index in [2.05, 4.69) is 4.90 Å². The Morgan fingerprint density at radius 2 is 2.00 bits per heavy atom. The van der Waals surface area contributed by atoms with E-state index in [4.69, 9.17) is 4.74 Å². The standard InChI is InChI=1S/C17H29N3O4/c1-18(2)7-5-9-19-12-14(10-15(19)21)16(22)20-8-4-6-13(11-20)17(23)24-3/h13-14H,4-12H2,1-3H3. The molecule has 0 aliphatic carbocycles. The molecule has 0 aromatic heterocycles. The van der Waals surface area contributed by atoms with Crippen molar-refractivity contribution < 1.29 is 19.1 Å². The molecule has 2 rings (SSSR count). The lowest BCUT2D eigenvalue weighted by Gasteiger charge is -2.33. The maximum absolute atomic E-state index is 12.7. The maximum atomic E-state index is 12.7. The number of carbonyl (C=O) groups is 3. The summed E-state index contributed by atoms with van der Waals surface area (Å²) in [5, 5.41) is 0. The number of hydrogen-bond acceptors (Lipinski definition) is 5. The molecule has 2 heterocycles. The number of methoxy groups -OCH3 is 1. The molecule has 2 unspecified atom stereocenters. The number of carbonyl (C=O) groups excluding carboxylic acids is 3. The Kier molecular flexibility index (Phi) is 6.60. The smallest absolute Gasteiger partial charge is 0.310 e. The molecule has 0 saturated carbocycles. The highest BCUT2D eigenvalue weighted by Crippen LogP contribution is 2.24. The van der Waals surface area contributed by atoms with Crippen LogP contribution in [-0.2, 0) is 19.1 Å². The van der Waals surface area contributed by atoms with Crippen LogP contribution in [0.3, 0.4) is 0 Å². The van der Waals surface area contributed by atoms with Crippen LogP contribution in [0, 0.1) is 11.8 Å². The lowest BCUT2D eigenvalue weighted by molar-refractivity contribution is -0.149. The van der Waals surface area contributed by atoms with Gasteiger partial charge in [-0.3, -0.25) is 14.4 Å².